The van der Waals surface area contributed by atoms with Crippen molar-refractivity contribution in [3.05, 3.63) is 53.3 Å². The van der Waals surface area contributed by atoms with Crippen molar-refractivity contribution in [2.24, 2.45) is 0 Å². The number of pyridine rings is 1. The monoisotopic (exact) mass is 455 g/mol. The summed E-state index contributed by atoms with van der Waals surface area (Å²) in [6, 6.07) is 8.73. The Balaban J connectivity index is 1.72. The molecule has 0 aliphatic carbocycles. The number of carbonyl (C=O) groups is 2. The van der Waals surface area contributed by atoms with E-state index in [1.807, 2.05) is 46.8 Å². The van der Waals surface area contributed by atoms with Crippen LogP contribution in [0, 0.1) is 6.92 Å². The molecule has 10 heteroatoms. The maximum atomic E-state index is 12.8. The molecule has 176 valence electrons. The van der Waals surface area contributed by atoms with E-state index < -0.39 is 24.4 Å². The molecule has 2 heterocycles. The number of aromatic nitrogens is 1. The number of aliphatic hydroxyl groups excluding tert-OH is 1. The van der Waals surface area contributed by atoms with Crippen molar-refractivity contribution in [1.29, 1.82) is 0 Å². The van der Waals surface area contributed by atoms with Crippen LogP contribution in [0.25, 0.3) is 0 Å². The SMILES string of the molecule is Cc1c(NC(=O)c2ccc(CN(CCO)C(=O)O)cn2)cccc1B1OC(C)(C)C(C)(C)O1. The van der Waals surface area contributed by atoms with E-state index in [4.69, 9.17) is 19.5 Å². The highest BCUT2D eigenvalue weighted by Crippen LogP contribution is 2.37. The molecule has 0 spiro atoms. The number of carbonyl (C=O) groups excluding carboxylic acids is 1. The average Bonchev–Trinajstić information content (AvgIpc) is 2.96. The molecule has 2 aromatic rings. The van der Waals surface area contributed by atoms with E-state index in [1.54, 1.807) is 12.1 Å². The number of rotatable bonds is 7. The van der Waals surface area contributed by atoms with Crippen LogP contribution in [-0.2, 0) is 15.9 Å². The Morgan fingerprint density at radius 2 is 1.79 bits per heavy atom. The normalized spacial score (nSPS) is 16.5. The summed E-state index contributed by atoms with van der Waals surface area (Å²) in [4.78, 5) is 29.2. The second-order valence-corrected chi connectivity index (χ2v) is 9.04. The maximum Gasteiger partial charge on any atom is 0.495 e. The molecule has 0 bridgehead atoms. The lowest BCUT2D eigenvalue weighted by Gasteiger charge is -2.32. The summed E-state index contributed by atoms with van der Waals surface area (Å²) < 4.78 is 12.3. The lowest BCUT2D eigenvalue weighted by Crippen LogP contribution is -2.41. The van der Waals surface area contributed by atoms with Crippen LogP contribution in [0.15, 0.2) is 36.5 Å². The molecule has 0 atom stereocenters. The van der Waals surface area contributed by atoms with Crippen LogP contribution in [-0.4, -0.2) is 63.6 Å². The first-order valence-corrected chi connectivity index (χ1v) is 10.8. The van der Waals surface area contributed by atoms with Crippen molar-refractivity contribution in [2.75, 3.05) is 18.5 Å². The number of carboxylic acid groups (broad SMARTS) is 1. The average molecular weight is 455 g/mol. The van der Waals surface area contributed by atoms with E-state index in [9.17, 15) is 9.59 Å². The summed E-state index contributed by atoms with van der Waals surface area (Å²) in [5.41, 5.74) is 2.17. The largest absolute Gasteiger partial charge is 0.495 e. The number of nitrogens with one attached hydrogen (secondary N) is 1. The summed E-state index contributed by atoms with van der Waals surface area (Å²) in [6.45, 7) is 9.64. The first-order valence-electron chi connectivity index (χ1n) is 10.8. The highest BCUT2D eigenvalue weighted by Gasteiger charge is 2.52. The number of aliphatic hydroxyl groups is 1. The predicted molar refractivity (Wildman–Crippen MR) is 125 cm³/mol. The van der Waals surface area contributed by atoms with Gasteiger partial charge in [0.15, 0.2) is 0 Å². The maximum absolute atomic E-state index is 12.8. The van der Waals surface area contributed by atoms with E-state index in [2.05, 4.69) is 10.3 Å². The van der Waals surface area contributed by atoms with Gasteiger partial charge in [-0.25, -0.2) is 4.79 Å². The molecule has 1 saturated heterocycles. The van der Waals surface area contributed by atoms with Gasteiger partial charge in [0.1, 0.15) is 5.69 Å². The Bertz CT molecular complexity index is 1010. The minimum atomic E-state index is -1.14. The molecular weight excluding hydrogens is 425 g/mol. The molecule has 33 heavy (non-hydrogen) atoms. The molecule has 9 nitrogen and oxygen atoms in total. The third-order valence-corrected chi connectivity index (χ3v) is 6.20. The number of hydrogen-bond donors (Lipinski definition) is 3. The van der Waals surface area contributed by atoms with E-state index in [0.29, 0.717) is 11.3 Å². The minimum Gasteiger partial charge on any atom is -0.465 e. The van der Waals surface area contributed by atoms with Gasteiger partial charge in [0.2, 0.25) is 0 Å². The second kappa shape index (κ2) is 9.50. The Labute approximate surface area is 193 Å². The quantitative estimate of drug-likeness (QED) is 0.549. The Kier molecular flexibility index (Phi) is 7.11. The molecule has 1 fully saturated rings. The Hall–Kier alpha value is -2.95. The van der Waals surface area contributed by atoms with Gasteiger partial charge in [0, 0.05) is 18.4 Å². The summed E-state index contributed by atoms with van der Waals surface area (Å²) in [6.07, 6.45) is 0.318. The lowest BCUT2D eigenvalue weighted by molar-refractivity contribution is 0.00578. The van der Waals surface area contributed by atoms with E-state index in [1.165, 1.54) is 12.3 Å². The third kappa shape index (κ3) is 5.35. The minimum absolute atomic E-state index is 0.00399. The van der Waals surface area contributed by atoms with Crippen LogP contribution < -0.4 is 10.8 Å². The van der Waals surface area contributed by atoms with Gasteiger partial charge >= 0.3 is 13.2 Å². The fraction of sp³-hybridized carbons (Fsp3) is 0.435. The van der Waals surface area contributed by atoms with E-state index in [-0.39, 0.29) is 31.3 Å². The van der Waals surface area contributed by atoms with Gasteiger partial charge in [-0.3, -0.25) is 9.78 Å². The first kappa shape index (κ1) is 24.7. The summed E-state index contributed by atoms with van der Waals surface area (Å²) in [7, 11) is -0.541. The second-order valence-electron chi connectivity index (χ2n) is 9.04. The molecule has 1 aromatic heterocycles. The van der Waals surface area contributed by atoms with Crippen molar-refractivity contribution in [3.63, 3.8) is 0 Å². The van der Waals surface area contributed by atoms with Crippen molar-refractivity contribution < 1.29 is 29.1 Å². The molecule has 0 unspecified atom stereocenters. The smallest absolute Gasteiger partial charge is 0.465 e. The van der Waals surface area contributed by atoms with Gasteiger partial charge in [-0.2, -0.15) is 0 Å². The van der Waals surface area contributed by atoms with Crippen LogP contribution >= 0.6 is 0 Å². The van der Waals surface area contributed by atoms with Gasteiger partial charge < -0.3 is 29.7 Å². The van der Waals surface area contributed by atoms with Gasteiger partial charge in [-0.05, 0) is 63.3 Å². The molecule has 2 amide bonds. The van der Waals surface area contributed by atoms with E-state index in [0.717, 1.165) is 15.9 Å². The van der Waals surface area contributed by atoms with Crippen molar-refractivity contribution in [3.8, 4) is 0 Å². The molecule has 1 aromatic carbocycles. The molecule has 1 aliphatic heterocycles. The molecule has 0 saturated carbocycles. The summed E-state index contributed by atoms with van der Waals surface area (Å²) >= 11 is 0. The fourth-order valence-corrected chi connectivity index (χ4v) is 3.44. The van der Waals surface area contributed by atoms with Crippen molar-refractivity contribution >= 4 is 30.3 Å². The topological polar surface area (TPSA) is 121 Å². The van der Waals surface area contributed by atoms with E-state index >= 15 is 0 Å². The highest BCUT2D eigenvalue weighted by molar-refractivity contribution is 6.62. The van der Waals surface area contributed by atoms with Crippen LogP contribution in [0.2, 0.25) is 0 Å². The zero-order valence-corrected chi connectivity index (χ0v) is 19.6. The molecule has 3 rings (SSSR count). The van der Waals surface area contributed by atoms with Gasteiger partial charge in [-0.15, -0.1) is 0 Å². The number of hydrogen-bond acceptors (Lipinski definition) is 6. The number of amides is 2. The van der Waals surface area contributed by atoms with Gasteiger partial charge in [0.25, 0.3) is 5.91 Å². The Morgan fingerprint density at radius 1 is 1.12 bits per heavy atom. The zero-order valence-electron chi connectivity index (χ0n) is 19.6. The van der Waals surface area contributed by atoms with Crippen molar-refractivity contribution in [2.45, 2.75) is 52.4 Å². The first-order chi connectivity index (χ1) is 15.4. The standard InChI is InChI=1S/C23H30BN3O6/c1-15-17(24-32-22(2,3)23(4,5)33-24)7-6-8-18(15)26-20(29)19-10-9-16(13-25-19)14-27(11-12-28)21(30)31/h6-10,13,28H,11-12,14H2,1-5H3,(H,26,29)(H,30,31). The van der Waals surface area contributed by atoms with Gasteiger partial charge in [0.05, 0.1) is 24.4 Å². The summed E-state index contributed by atoms with van der Waals surface area (Å²) in [5.74, 6) is -0.388. The highest BCUT2D eigenvalue weighted by atomic mass is 16.7. The molecular formula is C23H30BN3O6. The molecule has 1 aliphatic rings. The van der Waals surface area contributed by atoms with Crippen LogP contribution in [0.1, 0.15) is 49.3 Å². The summed E-state index contributed by atoms with van der Waals surface area (Å²) in [5, 5.41) is 21.0. The lowest BCUT2D eigenvalue weighted by atomic mass is 9.76. The third-order valence-electron chi connectivity index (χ3n) is 6.20. The van der Waals surface area contributed by atoms with Crippen LogP contribution in [0.5, 0.6) is 0 Å². The number of anilines is 1. The van der Waals surface area contributed by atoms with Gasteiger partial charge in [-0.1, -0.05) is 18.2 Å². The zero-order chi connectivity index (χ0) is 24.4. The number of benzene rings is 1. The fourth-order valence-electron chi connectivity index (χ4n) is 3.44. The Morgan fingerprint density at radius 3 is 2.33 bits per heavy atom. The number of nitrogens with zero attached hydrogens (tertiary/aromatic N) is 2. The predicted octanol–water partition coefficient (Wildman–Crippen LogP) is 2.41. The van der Waals surface area contributed by atoms with Crippen LogP contribution in [0.4, 0.5) is 10.5 Å². The van der Waals surface area contributed by atoms with Crippen LogP contribution in [0.3, 0.4) is 0 Å². The van der Waals surface area contributed by atoms with Crippen molar-refractivity contribution in [1.82, 2.24) is 9.88 Å². The molecule has 3 N–H and O–H groups in total. The molecule has 0 radical (unpaired) electrons.